The highest BCUT2D eigenvalue weighted by Crippen LogP contribution is 2.44. The van der Waals surface area contributed by atoms with E-state index in [1.54, 1.807) is 0 Å². The van der Waals surface area contributed by atoms with Crippen molar-refractivity contribution in [1.29, 1.82) is 0 Å². The van der Waals surface area contributed by atoms with Gasteiger partial charge in [-0.15, -0.1) is 0 Å². The van der Waals surface area contributed by atoms with Crippen LogP contribution in [0, 0.1) is 5.92 Å². The van der Waals surface area contributed by atoms with Gasteiger partial charge in [-0.1, -0.05) is 0 Å². The number of piperidine rings is 1. The highest BCUT2D eigenvalue weighted by atomic mass is 16.5. The van der Waals surface area contributed by atoms with Gasteiger partial charge < -0.3 is 19.7 Å². The summed E-state index contributed by atoms with van der Waals surface area (Å²) in [6.45, 7) is 6.34. The number of rotatable bonds is 5. The van der Waals surface area contributed by atoms with Crippen molar-refractivity contribution in [2.75, 3.05) is 39.9 Å². The first kappa shape index (κ1) is 20.1. The zero-order valence-electron chi connectivity index (χ0n) is 17.3. The molecule has 0 aromatic heterocycles. The maximum absolute atomic E-state index is 12.0. The first-order chi connectivity index (χ1) is 13.5. The predicted molar refractivity (Wildman–Crippen MR) is 105 cm³/mol. The zero-order valence-corrected chi connectivity index (χ0v) is 17.3. The third kappa shape index (κ3) is 3.81. The summed E-state index contributed by atoms with van der Waals surface area (Å²) >= 11 is 0. The summed E-state index contributed by atoms with van der Waals surface area (Å²) < 4.78 is 10.2. The molecule has 2 atom stereocenters. The second-order valence-electron chi connectivity index (χ2n) is 9.06. The van der Waals surface area contributed by atoms with Gasteiger partial charge in [-0.05, 0) is 71.5 Å². The fourth-order valence-corrected chi connectivity index (χ4v) is 5.99. The molecule has 3 saturated heterocycles. The van der Waals surface area contributed by atoms with Gasteiger partial charge in [0.1, 0.15) is 6.04 Å². The van der Waals surface area contributed by atoms with E-state index in [1.807, 2.05) is 6.92 Å². The third-order valence-electron chi connectivity index (χ3n) is 7.49. The van der Waals surface area contributed by atoms with E-state index in [9.17, 15) is 9.59 Å². The number of carbonyl (C=O) groups is 2. The summed E-state index contributed by atoms with van der Waals surface area (Å²) in [5.74, 6) is -0.0803. The van der Waals surface area contributed by atoms with Crippen LogP contribution in [0.4, 0.5) is 0 Å². The number of nitrogens with zero attached hydrogens (tertiary/aromatic N) is 2. The summed E-state index contributed by atoms with van der Waals surface area (Å²) in [6.07, 6.45) is 7.51. The Morgan fingerprint density at radius 2 is 1.79 bits per heavy atom. The lowest BCUT2D eigenvalue weighted by atomic mass is 9.69. The zero-order chi connectivity index (χ0) is 19.7. The summed E-state index contributed by atoms with van der Waals surface area (Å²) in [6, 6.07) is 1.11. The Hall–Kier alpha value is -1.18. The van der Waals surface area contributed by atoms with Crippen LogP contribution < -0.4 is 5.32 Å². The SMILES string of the molecule is CCOC(=O)C1CNC2(C1)CC(N1CCC(N3CCC[C@@H]3C(=O)OC)CC1)C2. The van der Waals surface area contributed by atoms with E-state index in [-0.39, 0.29) is 29.4 Å². The molecule has 0 aromatic rings. The minimum absolute atomic E-state index is 0.0251. The summed E-state index contributed by atoms with van der Waals surface area (Å²) in [5, 5.41) is 3.62. The third-order valence-corrected chi connectivity index (χ3v) is 7.49. The van der Waals surface area contributed by atoms with Crippen LogP contribution in [0.3, 0.4) is 0 Å². The van der Waals surface area contributed by atoms with Gasteiger partial charge in [-0.2, -0.15) is 0 Å². The molecule has 28 heavy (non-hydrogen) atoms. The molecule has 0 radical (unpaired) electrons. The number of carbonyl (C=O) groups excluding carboxylic acids is 2. The highest BCUT2D eigenvalue weighted by molar-refractivity contribution is 5.76. The Balaban J connectivity index is 1.23. The molecule has 7 nitrogen and oxygen atoms in total. The number of hydrogen-bond donors (Lipinski definition) is 1. The average molecular weight is 394 g/mol. The topological polar surface area (TPSA) is 71.1 Å². The van der Waals surface area contributed by atoms with Crippen molar-refractivity contribution in [3.63, 3.8) is 0 Å². The standard InChI is InChI=1S/C21H35N3O4/c1-3-28-19(25)15-11-21(22-14-15)12-17(13-21)23-9-6-16(7-10-23)24-8-4-5-18(24)20(26)27-2/h15-18,22H,3-14H2,1-2H3/t15?,17?,18-,21?/m1/s1. The molecule has 0 bridgehead atoms. The van der Waals surface area contributed by atoms with Gasteiger partial charge in [-0.25, -0.2) is 0 Å². The van der Waals surface area contributed by atoms with Gasteiger partial charge in [-0.3, -0.25) is 14.5 Å². The van der Waals surface area contributed by atoms with Crippen molar-refractivity contribution < 1.29 is 19.1 Å². The molecule has 0 aromatic carbocycles. The number of nitrogens with one attached hydrogen (secondary N) is 1. The molecular formula is C21H35N3O4. The maximum Gasteiger partial charge on any atom is 0.323 e. The molecule has 4 rings (SSSR count). The van der Waals surface area contributed by atoms with Crippen LogP contribution in [-0.2, 0) is 19.1 Å². The number of hydrogen-bond acceptors (Lipinski definition) is 7. The molecule has 4 aliphatic rings. The van der Waals surface area contributed by atoms with Gasteiger partial charge in [0.25, 0.3) is 0 Å². The van der Waals surface area contributed by atoms with Crippen LogP contribution in [0.1, 0.15) is 51.9 Å². The largest absolute Gasteiger partial charge is 0.468 e. The molecule has 4 fully saturated rings. The van der Waals surface area contributed by atoms with Crippen molar-refractivity contribution in [3.8, 4) is 0 Å². The Bertz CT molecular complexity index is 584. The lowest BCUT2D eigenvalue weighted by Crippen LogP contribution is -2.61. The van der Waals surface area contributed by atoms with Gasteiger partial charge >= 0.3 is 11.9 Å². The quantitative estimate of drug-likeness (QED) is 0.703. The Labute approximate surface area is 168 Å². The summed E-state index contributed by atoms with van der Waals surface area (Å²) in [5.41, 5.74) is 0.157. The fraction of sp³-hybridized carbons (Fsp3) is 0.905. The van der Waals surface area contributed by atoms with Crippen molar-refractivity contribution in [1.82, 2.24) is 15.1 Å². The monoisotopic (exact) mass is 393 g/mol. The molecule has 1 saturated carbocycles. The van der Waals surface area contributed by atoms with Crippen LogP contribution in [0.25, 0.3) is 0 Å². The minimum atomic E-state index is -0.0654. The van der Waals surface area contributed by atoms with E-state index in [2.05, 4.69) is 15.1 Å². The van der Waals surface area contributed by atoms with Gasteiger partial charge in [0, 0.05) is 24.2 Å². The van der Waals surface area contributed by atoms with E-state index >= 15 is 0 Å². The van der Waals surface area contributed by atoms with Crippen LogP contribution in [0.15, 0.2) is 0 Å². The van der Waals surface area contributed by atoms with Crippen LogP contribution >= 0.6 is 0 Å². The predicted octanol–water partition coefficient (Wildman–Crippen LogP) is 1.16. The molecule has 1 N–H and O–H groups in total. The molecule has 1 unspecified atom stereocenters. The first-order valence-electron chi connectivity index (χ1n) is 11.0. The number of methoxy groups -OCH3 is 1. The Morgan fingerprint density at radius 1 is 1.04 bits per heavy atom. The molecule has 0 amide bonds. The normalized spacial score (nSPS) is 37.1. The van der Waals surface area contributed by atoms with Crippen molar-refractivity contribution in [2.24, 2.45) is 5.92 Å². The highest BCUT2D eigenvalue weighted by Gasteiger charge is 2.52. The average Bonchev–Trinajstić information content (AvgIpc) is 3.34. The van der Waals surface area contributed by atoms with Gasteiger partial charge in [0.15, 0.2) is 0 Å². The molecule has 158 valence electrons. The molecule has 3 heterocycles. The molecule has 1 spiro atoms. The fourth-order valence-electron chi connectivity index (χ4n) is 5.99. The van der Waals surface area contributed by atoms with E-state index in [0.29, 0.717) is 18.7 Å². The Morgan fingerprint density at radius 3 is 2.46 bits per heavy atom. The van der Waals surface area contributed by atoms with Crippen molar-refractivity contribution in [3.05, 3.63) is 0 Å². The lowest BCUT2D eigenvalue weighted by molar-refractivity contribution is -0.148. The first-order valence-corrected chi connectivity index (χ1v) is 11.0. The van der Waals surface area contributed by atoms with Crippen molar-refractivity contribution in [2.45, 2.75) is 75.5 Å². The van der Waals surface area contributed by atoms with Crippen LogP contribution in [0.2, 0.25) is 0 Å². The molecule has 7 heteroatoms. The summed E-state index contributed by atoms with van der Waals surface area (Å²) in [4.78, 5) is 29.1. The van der Waals surface area contributed by atoms with E-state index in [4.69, 9.17) is 9.47 Å². The van der Waals surface area contributed by atoms with Crippen LogP contribution in [-0.4, -0.2) is 85.3 Å². The summed E-state index contributed by atoms with van der Waals surface area (Å²) in [7, 11) is 1.50. The Kier molecular flexibility index (Phi) is 5.95. The van der Waals surface area contributed by atoms with Crippen molar-refractivity contribution >= 4 is 11.9 Å². The van der Waals surface area contributed by atoms with Crippen LogP contribution in [0.5, 0.6) is 0 Å². The molecule has 1 aliphatic carbocycles. The van der Waals surface area contributed by atoms with Gasteiger partial charge in [0.2, 0.25) is 0 Å². The molecule has 3 aliphatic heterocycles. The molecular weight excluding hydrogens is 358 g/mol. The van der Waals surface area contributed by atoms with E-state index < -0.39 is 0 Å². The number of esters is 2. The maximum atomic E-state index is 12.0. The second-order valence-corrected chi connectivity index (χ2v) is 9.06. The van der Waals surface area contributed by atoms with E-state index in [0.717, 1.165) is 71.1 Å². The van der Waals surface area contributed by atoms with E-state index in [1.165, 1.54) is 7.11 Å². The smallest absolute Gasteiger partial charge is 0.323 e. The second kappa shape index (κ2) is 8.28. The number of likely N-dealkylation sites (tertiary alicyclic amines) is 2. The lowest BCUT2D eigenvalue weighted by Gasteiger charge is -2.52. The minimum Gasteiger partial charge on any atom is -0.468 e. The van der Waals surface area contributed by atoms with Gasteiger partial charge in [0.05, 0.1) is 19.6 Å². The number of ether oxygens (including phenoxy) is 2.